The first-order valence-electron chi connectivity index (χ1n) is 5.20. The van der Waals surface area contributed by atoms with Crippen molar-refractivity contribution >= 4 is 21.7 Å². The first-order valence-corrected chi connectivity index (χ1v) is 6.00. The summed E-state index contributed by atoms with van der Waals surface area (Å²) in [5, 5.41) is 0. The van der Waals surface area contributed by atoms with Crippen LogP contribution < -0.4 is 4.90 Å². The fourth-order valence-electron chi connectivity index (χ4n) is 1.69. The van der Waals surface area contributed by atoms with Gasteiger partial charge in [0, 0.05) is 17.6 Å². The van der Waals surface area contributed by atoms with Crippen molar-refractivity contribution in [2.75, 3.05) is 18.0 Å². The van der Waals surface area contributed by atoms with Crippen molar-refractivity contribution in [2.45, 2.75) is 20.3 Å². The molecular formula is C12H15BrN2. The van der Waals surface area contributed by atoms with Crippen LogP contribution in [0.5, 0.6) is 0 Å². The normalized spacial score (nSPS) is 16.5. The number of nitrogens with zero attached hydrogens (tertiary/aromatic N) is 2. The lowest BCUT2D eigenvalue weighted by atomic mass is 10.1. The van der Waals surface area contributed by atoms with Crippen LogP contribution in [0.1, 0.15) is 19.0 Å². The van der Waals surface area contributed by atoms with Gasteiger partial charge in [0.25, 0.3) is 0 Å². The third kappa shape index (κ3) is 2.40. The van der Waals surface area contributed by atoms with Crippen molar-refractivity contribution in [3.8, 4) is 0 Å². The largest absolute Gasteiger partial charge is 0.353 e. The average molecular weight is 267 g/mol. The molecule has 0 saturated carbocycles. The second kappa shape index (κ2) is 4.35. The Morgan fingerprint density at radius 1 is 1.33 bits per heavy atom. The lowest BCUT2D eigenvalue weighted by Crippen LogP contribution is -2.28. The molecule has 0 N–H and O–H groups in total. The number of pyridine rings is 1. The van der Waals surface area contributed by atoms with Gasteiger partial charge in [0.1, 0.15) is 5.82 Å². The summed E-state index contributed by atoms with van der Waals surface area (Å²) in [4.78, 5) is 6.88. The van der Waals surface area contributed by atoms with Crippen LogP contribution in [0, 0.1) is 6.92 Å². The number of aromatic nitrogens is 1. The minimum atomic E-state index is 0.986. The van der Waals surface area contributed by atoms with Gasteiger partial charge in [0.15, 0.2) is 0 Å². The molecule has 0 atom stereocenters. The van der Waals surface area contributed by atoms with Gasteiger partial charge >= 0.3 is 0 Å². The zero-order chi connectivity index (χ0) is 10.8. The van der Waals surface area contributed by atoms with E-state index < -0.39 is 0 Å². The summed E-state index contributed by atoms with van der Waals surface area (Å²) < 4.78 is 1.08. The first-order chi connectivity index (χ1) is 7.16. The SMILES string of the molecule is CC1=CCN(c2ccc(Br)c(C)n2)CC1. The number of hydrogen-bond donors (Lipinski definition) is 0. The molecule has 1 aromatic rings. The minimum absolute atomic E-state index is 0.986. The molecule has 0 amide bonds. The lowest BCUT2D eigenvalue weighted by molar-refractivity contribution is 0.773. The van der Waals surface area contributed by atoms with Crippen molar-refractivity contribution in [2.24, 2.45) is 0 Å². The highest BCUT2D eigenvalue weighted by Gasteiger charge is 2.11. The molecule has 1 aliphatic rings. The second-order valence-corrected chi connectivity index (χ2v) is 4.84. The quantitative estimate of drug-likeness (QED) is 0.726. The molecule has 0 bridgehead atoms. The monoisotopic (exact) mass is 266 g/mol. The summed E-state index contributed by atoms with van der Waals surface area (Å²) in [6.07, 6.45) is 3.43. The molecule has 1 aliphatic heterocycles. The molecule has 0 aromatic carbocycles. The highest BCUT2D eigenvalue weighted by Crippen LogP contribution is 2.21. The summed E-state index contributed by atoms with van der Waals surface area (Å²) in [7, 11) is 0. The Morgan fingerprint density at radius 2 is 2.13 bits per heavy atom. The zero-order valence-electron chi connectivity index (χ0n) is 9.13. The van der Waals surface area contributed by atoms with E-state index in [-0.39, 0.29) is 0 Å². The summed E-state index contributed by atoms with van der Waals surface area (Å²) >= 11 is 3.47. The van der Waals surface area contributed by atoms with Crippen molar-refractivity contribution in [1.29, 1.82) is 0 Å². The van der Waals surface area contributed by atoms with Crippen LogP contribution in [0.25, 0.3) is 0 Å². The van der Waals surface area contributed by atoms with E-state index in [1.807, 2.05) is 6.92 Å². The van der Waals surface area contributed by atoms with Gasteiger partial charge in [-0.3, -0.25) is 0 Å². The lowest BCUT2D eigenvalue weighted by Gasteiger charge is -2.26. The fourth-order valence-corrected chi connectivity index (χ4v) is 1.91. The predicted octanol–water partition coefficient (Wildman–Crippen LogP) is 3.31. The highest BCUT2D eigenvalue weighted by atomic mass is 79.9. The molecular weight excluding hydrogens is 252 g/mol. The highest BCUT2D eigenvalue weighted by molar-refractivity contribution is 9.10. The van der Waals surface area contributed by atoms with E-state index in [1.165, 1.54) is 5.57 Å². The molecule has 2 nitrogen and oxygen atoms in total. The Balaban J connectivity index is 2.20. The second-order valence-electron chi connectivity index (χ2n) is 3.98. The Labute approximate surface area is 99.1 Å². The van der Waals surface area contributed by atoms with E-state index in [9.17, 15) is 0 Å². The molecule has 80 valence electrons. The molecule has 0 radical (unpaired) electrons. The van der Waals surface area contributed by atoms with Crippen LogP contribution in [0.15, 0.2) is 28.3 Å². The van der Waals surface area contributed by atoms with Crippen molar-refractivity contribution in [3.63, 3.8) is 0 Å². The summed E-state index contributed by atoms with van der Waals surface area (Å²) in [6, 6.07) is 4.15. The molecule has 15 heavy (non-hydrogen) atoms. The maximum absolute atomic E-state index is 4.57. The number of hydrogen-bond acceptors (Lipinski definition) is 2. The van der Waals surface area contributed by atoms with Crippen molar-refractivity contribution < 1.29 is 0 Å². The predicted molar refractivity (Wildman–Crippen MR) is 67.3 cm³/mol. The Kier molecular flexibility index (Phi) is 3.10. The number of halogens is 1. The molecule has 2 rings (SSSR count). The fraction of sp³-hybridized carbons (Fsp3) is 0.417. The van der Waals surface area contributed by atoms with Gasteiger partial charge in [-0.05, 0) is 48.3 Å². The maximum Gasteiger partial charge on any atom is 0.129 e. The minimum Gasteiger partial charge on any atom is -0.353 e. The third-order valence-corrected chi connectivity index (χ3v) is 3.60. The topological polar surface area (TPSA) is 16.1 Å². The van der Waals surface area contributed by atoms with E-state index in [4.69, 9.17) is 0 Å². The summed E-state index contributed by atoms with van der Waals surface area (Å²) in [5.41, 5.74) is 2.54. The standard InChI is InChI=1S/C12H15BrN2/c1-9-5-7-15(8-6-9)12-4-3-11(13)10(2)14-12/h3-5H,6-8H2,1-2H3. The van der Waals surface area contributed by atoms with Crippen LogP contribution >= 0.6 is 15.9 Å². The van der Waals surface area contributed by atoms with Crippen LogP contribution in [-0.2, 0) is 0 Å². The van der Waals surface area contributed by atoms with E-state index in [2.05, 4.69) is 50.9 Å². The van der Waals surface area contributed by atoms with Crippen molar-refractivity contribution in [1.82, 2.24) is 4.98 Å². The molecule has 0 spiro atoms. The van der Waals surface area contributed by atoms with E-state index >= 15 is 0 Å². The molecule has 2 heterocycles. The molecule has 0 unspecified atom stereocenters. The Bertz CT molecular complexity index is 399. The first kappa shape index (κ1) is 10.7. The van der Waals surface area contributed by atoms with E-state index in [0.29, 0.717) is 0 Å². The number of rotatable bonds is 1. The smallest absolute Gasteiger partial charge is 0.129 e. The van der Waals surface area contributed by atoms with Gasteiger partial charge in [-0.2, -0.15) is 0 Å². The van der Waals surface area contributed by atoms with Gasteiger partial charge in [-0.15, -0.1) is 0 Å². The number of anilines is 1. The molecule has 0 fully saturated rings. The maximum atomic E-state index is 4.57. The summed E-state index contributed by atoms with van der Waals surface area (Å²) in [6.45, 7) is 6.28. The third-order valence-electron chi connectivity index (χ3n) is 2.77. The zero-order valence-corrected chi connectivity index (χ0v) is 10.7. The molecule has 1 aromatic heterocycles. The summed E-state index contributed by atoms with van der Waals surface area (Å²) in [5.74, 6) is 1.08. The van der Waals surface area contributed by atoms with Crippen LogP contribution in [0.4, 0.5) is 5.82 Å². The van der Waals surface area contributed by atoms with E-state index in [1.54, 1.807) is 0 Å². The number of aryl methyl sites for hydroxylation is 1. The van der Waals surface area contributed by atoms with Gasteiger partial charge in [0.2, 0.25) is 0 Å². The average Bonchev–Trinajstić information content (AvgIpc) is 2.23. The van der Waals surface area contributed by atoms with E-state index in [0.717, 1.165) is 35.5 Å². The molecule has 0 saturated heterocycles. The van der Waals surface area contributed by atoms with Crippen LogP contribution in [-0.4, -0.2) is 18.1 Å². The van der Waals surface area contributed by atoms with Gasteiger partial charge in [0.05, 0.1) is 5.69 Å². The Hall–Kier alpha value is -0.830. The van der Waals surface area contributed by atoms with Gasteiger partial charge in [-0.25, -0.2) is 4.98 Å². The van der Waals surface area contributed by atoms with Crippen molar-refractivity contribution in [3.05, 3.63) is 33.9 Å². The van der Waals surface area contributed by atoms with Crippen LogP contribution in [0.2, 0.25) is 0 Å². The van der Waals surface area contributed by atoms with Gasteiger partial charge in [-0.1, -0.05) is 11.6 Å². The molecule has 0 aliphatic carbocycles. The van der Waals surface area contributed by atoms with Gasteiger partial charge < -0.3 is 4.90 Å². The molecule has 3 heteroatoms. The Morgan fingerprint density at radius 3 is 2.73 bits per heavy atom. The van der Waals surface area contributed by atoms with Crippen LogP contribution in [0.3, 0.4) is 0 Å².